The minimum atomic E-state index is -0.893. The number of hydrogen-bond acceptors (Lipinski definition) is 2. The molecular formula is C13H11BrO3. The van der Waals surface area contributed by atoms with Crippen LogP contribution in [0.25, 0.3) is 11.3 Å². The molecule has 0 fully saturated rings. The van der Waals surface area contributed by atoms with Gasteiger partial charge < -0.3 is 9.52 Å². The Morgan fingerprint density at radius 1 is 1.35 bits per heavy atom. The first-order valence-electron chi connectivity index (χ1n) is 5.13. The van der Waals surface area contributed by atoms with E-state index in [0.717, 1.165) is 15.6 Å². The number of carboxylic acid groups (broad SMARTS) is 1. The number of rotatable bonds is 3. The van der Waals surface area contributed by atoms with Crippen LogP contribution in [0.4, 0.5) is 0 Å². The molecule has 17 heavy (non-hydrogen) atoms. The average molecular weight is 295 g/mol. The molecule has 0 aliphatic carbocycles. The second kappa shape index (κ2) is 4.75. The van der Waals surface area contributed by atoms with Crippen LogP contribution in [-0.4, -0.2) is 11.1 Å². The Morgan fingerprint density at radius 3 is 2.76 bits per heavy atom. The molecule has 1 aromatic heterocycles. The molecule has 0 spiro atoms. The first kappa shape index (κ1) is 11.9. The Balaban J connectivity index is 2.30. The van der Waals surface area contributed by atoms with Gasteiger partial charge in [0.15, 0.2) is 0 Å². The molecule has 88 valence electrons. The maximum atomic E-state index is 10.5. The van der Waals surface area contributed by atoms with Crippen LogP contribution in [0.5, 0.6) is 0 Å². The quantitative estimate of drug-likeness (QED) is 0.940. The zero-order valence-electron chi connectivity index (χ0n) is 9.24. The second-order valence-electron chi connectivity index (χ2n) is 3.80. The monoisotopic (exact) mass is 294 g/mol. The van der Waals surface area contributed by atoms with Gasteiger partial charge in [-0.05, 0) is 30.7 Å². The highest BCUT2D eigenvalue weighted by molar-refractivity contribution is 9.10. The Bertz CT molecular complexity index is 558. The minimum absolute atomic E-state index is 0.0902. The van der Waals surface area contributed by atoms with Gasteiger partial charge in [0.2, 0.25) is 0 Å². The lowest BCUT2D eigenvalue weighted by Crippen LogP contribution is -1.97. The molecule has 1 heterocycles. The zero-order valence-corrected chi connectivity index (χ0v) is 10.8. The molecular weight excluding hydrogens is 284 g/mol. The lowest BCUT2D eigenvalue weighted by molar-refractivity contribution is -0.136. The number of halogens is 1. The first-order chi connectivity index (χ1) is 8.06. The van der Waals surface area contributed by atoms with Gasteiger partial charge in [-0.15, -0.1) is 0 Å². The van der Waals surface area contributed by atoms with Crippen LogP contribution in [0, 0.1) is 6.92 Å². The van der Waals surface area contributed by atoms with Crippen molar-refractivity contribution in [1.82, 2.24) is 0 Å². The minimum Gasteiger partial charge on any atom is -0.481 e. The summed E-state index contributed by atoms with van der Waals surface area (Å²) in [6.07, 6.45) is -0.0902. The molecule has 0 radical (unpaired) electrons. The van der Waals surface area contributed by atoms with Crippen LogP contribution in [0.2, 0.25) is 0 Å². The van der Waals surface area contributed by atoms with Crippen LogP contribution in [0.15, 0.2) is 39.2 Å². The predicted octanol–water partition coefficient (Wildman–Crippen LogP) is 3.64. The van der Waals surface area contributed by atoms with Gasteiger partial charge in [-0.2, -0.15) is 0 Å². The van der Waals surface area contributed by atoms with E-state index >= 15 is 0 Å². The van der Waals surface area contributed by atoms with Crippen molar-refractivity contribution in [3.63, 3.8) is 0 Å². The maximum absolute atomic E-state index is 10.5. The van der Waals surface area contributed by atoms with Gasteiger partial charge >= 0.3 is 5.97 Å². The predicted molar refractivity (Wildman–Crippen MR) is 67.9 cm³/mol. The van der Waals surface area contributed by atoms with Crippen LogP contribution in [0.3, 0.4) is 0 Å². The van der Waals surface area contributed by atoms with Crippen LogP contribution < -0.4 is 0 Å². The number of furan rings is 1. The highest BCUT2D eigenvalue weighted by atomic mass is 79.9. The molecule has 0 saturated heterocycles. The third-order valence-corrected chi connectivity index (χ3v) is 3.30. The largest absolute Gasteiger partial charge is 0.481 e. The van der Waals surface area contributed by atoms with Gasteiger partial charge in [0.25, 0.3) is 0 Å². The van der Waals surface area contributed by atoms with Gasteiger partial charge in [0, 0.05) is 10.0 Å². The summed E-state index contributed by atoms with van der Waals surface area (Å²) >= 11 is 3.45. The van der Waals surface area contributed by atoms with Gasteiger partial charge in [-0.3, -0.25) is 4.79 Å². The van der Waals surface area contributed by atoms with Crippen molar-refractivity contribution < 1.29 is 14.3 Å². The fraction of sp³-hybridized carbons (Fsp3) is 0.154. The summed E-state index contributed by atoms with van der Waals surface area (Å²) in [5.74, 6) is 0.252. The highest BCUT2D eigenvalue weighted by Crippen LogP contribution is 2.27. The van der Waals surface area contributed by atoms with E-state index in [1.54, 1.807) is 12.1 Å². The van der Waals surface area contributed by atoms with Crippen molar-refractivity contribution in [3.8, 4) is 11.3 Å². The lowest BCUT2D eigenvalue weighted by Gasteiger charge is -2.01. The van der Waals surface area contributed by atoms with Crippen LogP contribution in [-0.2, 0) is 11.2 Å². The fourth-order valence-corrected chi connectivity index (χ4v) is 1.90. The van der Waals surface area contributed by atoms with E-state index < -0.39 is 5.97 Å². The molecule has 2 aromatic rings. The van der Waals surface area contributed by atoms with E-state index in [0.29, 0.717) is 11.5 Å². The highest BCUT2D eigenvalue weighted by Gasteiger charge is 2.08. The molecule has 2 rings (SSSR count). The van der Waals surface area contributed by atoms with Gasteiger partial charge in [-0.1, -0.05) is 28.1 Å². The third kappa shape index (κ3) is 2.77. The zero-order chi connectivity index (χ0) is 12.4. The van der Waals surface area contributed by atoms with Crippen molar-refractivity contribution in [2.75, 3.05) is 0 Å². The summed E-state index contributed by atoms with van der Waals surface area (Å²) < 4.78 is 6.48. The summed E-state index contributed by atoms with van der Waals surface area (Å²) in [4.78, 5) is 10.5. The van der Waals surface area contributed by atoms with Gasteiger partial charge in [0.05, 0.1) is 0 Å². The summed E-state index contributed by atoms with van der Waals surface area (Å²) in [5, 5.41) is 8.66. The summed E-state index contributed by atoms with van der Waals surface area (Å²) in [5.41, 5.74) is 2.07. The Kier molecular flexibility index (Phi) is 3.33. The molecule has 0 aliphatic heterocycles. The molecule has 0 unspecified atom stereocenters. The molecule has 1 N–H and O–H groups in total. The molecule has 4 heteroatoms. The summed E-state index contributed by atoms with van der Waals surface area (Å²) in [6, 6.07) is 9.37. The topological polar surface area (TPSA) is 50.4 Å². The van der Waals surface area contributed by atoms with Crippen molar-refractivity contribution in [3.05, 3.63) is 46.1 Å². The summed E-state index contributed by atoms with van der Waals surface area (Å²) in [6.45, 7) is 2.01. The van der Waals surface area contributed by atoms with E-state index in [-0.39, 0.29) is 6.42 Å². The summed E-state index contributed by atoms with van der Waals surface area (Å²) in [7, 11) is 0. The number of aliphatic carboxylic acids is 1. The molecule has 1 aromatic carbocycles. The van der Waals surface area contributed by atoms with E-state index in [1.807, 2.05) is 25.1 Å². The van der Waals surface area contributed by atoms with E-state index in [9.17, 15) is 4.79 Å². The molecule has 0 atom stereocenters. The third-order valence-electron chi connectivity index (χ3n) is 2.44. The van der Waals surface area contributed by atoms with Crippen molar-refractivity contribution in [2.45, 2.75) is 13.3 Å². The molecule has 3 nitrogen and oxygen atoms in total. The molecule has 0 aliphatic rings. The van der Waals surface area contributed by atoms with E-state index in [2.05, 4.69) is 15.9 Å². The van der Waals surface area contributed by atoms with Gasteiger partial charge in [-0.25, -0.2) is 0 Å². The first-order valence-corrected chi connectivity index (χ1v) is 5.92. The smallest absolute Gasteiger partial charge is 0.311 e. The molecule has 0 amide bonds. The van der Waals surface area contributed by atoms with Crippen molar-refractivity contribution in [2.24, 2.45) is 0 Å². The van der Waals surface area contributed by atoms with E-state index in [4.69, 9.17) is 9.52 Å². The second-order valence-corrected chi connectivity index (χ2v) is 4.65. The standard InChI is InChI=1S/C13H11BrO3/c1-8-2-3-9(6-11(8)14)12-5-4-10(17-12)7-13(15)16/h2-6H,7H2,1H3,(H,15,16). The number of aryl methyl sites for hydroxylation is 1. The number of carbonyl (C=O) groups is 1. The fourth-order valence-electron chi connectivity index (χ4n) is 1.52. The Hall–Kier alpha value is -1.55. The Morgan fingerprint density at radius 2 is 2.12 bits per heavy atom. The van der Waals surface area contributed by atoms with Crippen molar-refractivity contribution >= 4 is 21.9 Å². The van der Waals surface area contributed by atoms with Crippen LogP contribution >= 0.6 is 15.9 Å². The Labute approximate surface area is 107 Å². The maximum Gasteiger partial charge on any atom is 0.311 e. The van der Waals surface area contributed by atoms with E-state index in [1.165, 1.54) is 0 Å². The number of hydrogen-bond donors (Lipinski definition) is 1. The molecule has 0 saturated carbocycles. The number of benzene rings is 1. The average Bonchev–Trinajstić information content (AvgIpc) is 2.69. The SMILES string of the molecule is Cc1ccc(-c2ccc(CC(=O)O)o2)cc1Br. The normalized spacial score (nSPS) is 10.5. The van der Waals surface area contributed by atoms with Crippen LogP contribution in [0.1, 0.15) is 11.3 Å². The number of carboxylic acids is 1. The lowest BCUT2D eigenvalue weighted by atomic mass is 10.1. The molecule has 0 bridgehead atoms. The van der Waals surface area contributed by atoms with Gasteiger partial charge in [0.1, 0.15) is 17.9 Å². The van der Waals surface area contributed by atoms with Crippen molar-refractivity contribution in [1.29, 1.82) is 0 Å².